The number of methoxy groups -OCH3 is 4. The molecule has 10 heteroatoms. The Labute approximate surface area is 190 Å². The van der Waals surface area contributed by atoms with Gasteiger partial charge in [0.15, 0.2) is 29.6 Å². The number of hydrogen-bond acceptors (Lipinski definition) is 9. The number of oxime groups is 1. The third kappa shape index (κ3) is 4.96. The van der Waals surface area contributed by atoms with Crippen LogP contribution in [0.1, 0.15) is 23.1 Å². The van der Waals surface area contributed by atoms with Crippen molar-refractivity contribution in [2.45, 2.75) is 12.8 Å². The van der Waals surface area contributed by atoms with Gasteiger partial charge in [-0.15, -0.1) is 0 Å². The highest BCUT2D eigenvalue weighted by atomic mass is 16.6. The van der Waals surface area contributed by atoms with Gasteiger partial charge in [0.05, 0.1) is 34.2 Å². The van der Waals surface area contributed by atoms with Gasteiger partial charge in [0.25, 0.3) is 5.91 Å². The molecular weight excluding hydrogens is 432 g/mol. The van der Waals surface area contributed by atoms with E-state index in [1.54, 1.807) is 31.4 Å². The average Bonchev–Trinajstić information content (AvgIpc) is 3.01. The minimum absolute atomic E-state index is 0.0245. The van der Waals surface area contributed by atoms with E-state index in [-0.39, 0.29) is 5.75 Å². The molecule has 2 aromatic rings. The van der Waals surface area contributed by atoms with Gasteiger partial charge in [0, 0.05) is 5.56 Å². The molecule has 0 fully saturated rings. The SMILES string of the molecule is COc1ccc(C2=C/C(=N/OCC(=O)NO)CCc3c2cc(OC)c(OC)c3OC)cc1O. The maximum absolute atomic E-state index is 11.3. The number of carbonyl (C=O) groups is 1. The predicted octanol–water partition coefficient (Wildman–Crippen LogP) is 2.68. The predicted molar refractivity (Wildman–Crippen MR) is 119 cm³/mol. The van der Waals surface area contributed by atoms with Gasteiger partial charge in [-0.2, -0.15) is 0 Å². The molecule has 176 valence electrons. The number of ether oxygens (including phenoxy) is 4. The molecule has 2 aromatic carbocycles. The van der Waals surface area contributed by atoms with Crippen molar-refractivity contribution in [3.8, 4) is 28.7 Å². The van der Waals surface area contributed by atoms with Gasteiger partial charge in [0.2, 0.25) is 5.75 Å². The Bertz CT molecular complexity index is 1090. The van der Waals surface area contributed by atoms with Crippen molar-refractivity contribution >= 4 is 17.2 Å². The summed E-state index contributed by atoms with van der Waals surface area (Å²) < 4.78 is 21.9. The zero-order valence-electron chi connectivity index (χ0n) is 18.8. The highest BCUT2D eigenvalue weighted by Gasteiger charge is 2.26. The number of amides is 1. The molecule has 0 spiro atoms. The first-order chi connectivity index (χ1) is 16.0. The standard InChI is InChI=1S/C23H26N2O8/c1-29-19-8-5-13(9-18(19)26)16-10-14(25-33-12-21(27)24-28)6-7-15-17(16)11-20(30-2)23(32-4)22(15)31-3/h5,8-11,26,28H,6-7,12H2,1-4H3,(H,24,27)/b25-14+. The molecule has 0 aliphatic heterocycles. The summed E-state index contributed by atoms with van der Waals surface area (Å²) >= 11 is 0. The lowest BCUT2D eigenvalue weighted by Crippen LogP contribution is -2.23. The van der Waals surface area contributed by atoms with Crippen LogP contribution >= 0.6 is 0 Å². The third-order valence-electron chi connectivity index (χ3n) is 5.16. The summed E-state index contributed by atoms with van der Waals surface area (Å²) in [4.78, 5) is 16.3. The molecule has 3 N–H and O–H groups in total. The van der Waals surface area contributed by atoms with E-state index in [9.17, 15) is 9.90 Å². The fourth-order valence-electron chi connectivity index (χ4n) is 3.65. The molecule has 1 aliphatic rings. The first-order valence-corrected chi connectivity index (χ1v) is 10.00. The summed E-state index contributed by atoms with van der Waals surface area (Å²) in [5.74, 6) is 1.06. The monoisotopic (exact) mass is 458 g/mol. The molecule has 0 radical (unpaired) electrons. The Morgan fingerprint density at radius 2 is 1.73 bits per heavy atom. The van der Waals surface area contributed by atoms with Gasteiger partial charge >= 0.3 is 0 Å². The number of phenolic OH excluding ortho intramolecular Hbond substituents is 1. The first kappa shape index (κ1) is 23.7. The van der Waals surface area contributed by atoms with Gasteiger partial charge in [0.1, 0.15) is 0 Å². The molecule has 0 saturated heterocycles. The van der Waals surface area contributed by atoms with E-state index in [1.807, 2.05) is 6.07 Å². The van der Waals surface area contributed by atoms with Gasteiger partial charge in [-0.3, -0.25) is 10.0 Å². The number of hydroxylamine groups is 1. The molecule has 0 unspecified atom stereocenters. The zero-order valence-corrected chi connectivity index (χ0v) is 18.8. The minimum Gasteiger partial charge on any atom is -0.504 e. The molecule has 10 nitrogen and oxygen atoms in total. The van der Waals surface area contributed by atoms with Gasteiger partial charge in [-0.25, -0.2) is 5.48 Å². The maximum Gasteiger partial charge on any atom is 0.284 e. The number of hydrogen-bond donors (Lipinski definition) is 3. The third-order valence-corrected chi connectivity index (χ3v) is 5.16. The van der Waals surface area contributed by atoms with Crippen molar-refractivity contribution in [1.29, 1.82) is 0 Å². The first-order valence-electron chi connectivity index (χ1n) is 10.00. The van der Waals surface area contributed by atoms with Gasteiger partial charge in [-0.1, -0.05) is 11.2 Å². The second-order valence-corrected chi connectivity index (χ2v) is 7.01. The second-order valence-electron chi connectivity index (χ2n) is 7.01. The van der Waals surface area contributed by atoms with Crippen molar-refractivity contribution in [3.05, 3.63) is 47.0 Å². The normalized spacial score (nSPS) is 14.0. The van der Waals surface area contributed by atoms with Crippen molar-refractivity contribution in [2.24, 2.45) is 5.16 Å². The van der Waals surface area contributed by atoms with Crippen LogP contribution < -0.4 is 24.4 Å². The average molecular weight is 458 g/mol. The molecule has 0 bridgehead atoms. The fourth-order valence-corrected chi connectivity index (χ4v) is 3.65. The summed E-state index contributed by atoms with van der Waals surface area (Å²) in [6.45, 7) is -0.440. The molecule has 0 saturated carbocycles. The van der Waals surface area contributed by atoms with E-state index in [1.165, 1.54) is 26.8 Å². The topological polar surface area (TPSA) is 128 Å². The summed E-state index contributed by atoms with van der Waals surface area (Å²) in [6.07, 6.45) is 2.79. The number of nitrogens with zero attached hydrogens (tertiary/aromatic N) is 1. The second kappa shape index (κ2) is 10.6. The maximum atomic E-state index is 11.3. The van der Waals surface area contributed by atoms with Crippen molar-refractivity contribution in [1.82, 2.24) is 5.48 Å². The smallest absolute Gasteiger partial charge is 0.284 e. The minimum atomic E-state index is -0.725. The molecule has 1 amide bonds. The Morgan fingerprint density at radius 1 is 1.00 bits per heavy atom. The van der Waals surface area contributed by atoms with Gasteiger partial charge < -0.3 is 28.9 Å². The van der Waals surface area contributed by atoms with Crippen molar-refractivity contribution < 1.29 is 38.9 Å². The number of phenols is 1. The summed E-state index contributed by atoms with van der Waals surface area (Å²) in [5.41, 5.74) is 5.09. The summed E-state index contributed by atoms with van der Waals surface area (Å²) in [6, 6.07) is 6.89. The van der Waals surface area contributed by atoms with Crippen LogP contribution in [0.4, 0.5) is 0 Å². The lowest BCUT2D eigenvalue weighted by molar-refractivity contribution is -0.133. The number of benzene rings is 2. The van der Waals surface area contributed by atoms with Crippen LogP contribution in [0.2, 0.25) is 0 Å². The number of nitrogens with one attached hydrogen (secondary N) is 1. The lowest BCUT2D eigenvalue weighted by Gasteiger charge is -2.20. The zero-order chi connectivity index (χ0) is 24.0. The molecule has 33 heavy (non-hydrogen) atoms. The van der Waals surface area contributed by atoms with E-state index in [0.717, 1.165) is 11.1 Å². The lowest BCUT2D eigenvalue weighted by atomic mass is 9.92. The van der Waals surface area contributed by atoms with Crippen LogP contribution in [-0.2, 0) is 16.1 Å². The van der Waals surface area contributed by atoms with E-state index < -0.39 is 12.5 Å². The van der Waals surface area contributed by atoms with E-state index >= 15 is 0 Å². The van der Waals surface area contributed by atoms with Crippen molar-refractivity contribution in [3.63, 3.8) is 0 Å². The van der Waals surface area contributed by atoms with E-state index in [4.69, 9.17) is 29.0 Å². The number of aromatic hydroxyl groups is 1. The molecule has 0 atom stereocenters. The Kier molecular flexibility index (Phi) is 7.62. The Hall–Kier alpha value is -3.92. The highest BCUT2D eigenvalue weighted by Crippen LogP contribution is 2.47. The van der Waals surface area contributed by atoms with E-state index in [0.29, 0.717) is 52.7 Å². The van der Waals surface area contributed by atoms with Gasteiger partial charge in [-0.05, 0) is 53.8 Å². The van der Waals surface area contributed by atoms with Crippen LogP contribution in [0, 0.1) is 0 Å². The number of carbonyl (C=O) groups excluding carboxylic acids is 1. The highest BCUT2D eigenvalue weighted by molar-refractivity contribution is 6.05. The molecule has 0 aromatic heterocycles. The largest absolute Gasteiger partial charge is 0.504 e. The fraction of sp³-hybridized carbons (Fsp3) is 0.304. The molecule has 1 aliphatic carbocycles. The van der Waals surface area contributed by atoms with Crippen LogP contribution in [0.25, 0.3) is 5.57 Å². The Balaban J connectivity index is 2.20. The van der Waals surface area contributed by atoms with Crippen LogP contribution in [0.5, 0.6) is 28.7 Å². The van der Waals surface area contributed by atoms with Crippen LogP contribution in [-0.4, -0.2) is 57.0 Å². The number of rotatable bonds is 8. The summed E-state index contributed by atoms with van der Waals surface area (Å²) in [5, 5.41) is 23.1. The van der Waals surface area contributed by atoms with E-state index in [2.05, 4.69) is 5.16 Å². The van der Waals surface area contributed by atoms with Crippen molar-refractivity contribution in [2.75, 3.05) is 35.0 Å². The Morgan fingerprint density at radius 3 is 2.33 bits per heavy atom. The number of allylic oxidation sites excluding steroid dienone is 1. The van der Waals surface area contributed by atoms with Crippen LogP contribution in [0.3, 0.4) is 0 Å². The van der Waals surface area contributed by atoms with Crippen LogP contribution in [0.15, 0.2) is 35.5 Å². The molecule has 0 heterocycles. The summed E-state index contributed by atoms with van der Waals surface area (Å²) in [7, 11) is 6.10. The quantitative estimate of drug-likeness (QED) is 0.407. The number of fused-ring (bicyclic) bond motifs is 1. The molecule has 3 rings (SSSR count). The molecular formula is C23H26N2O8.